The van der Waals surface area contributed by atoms with Gasteiger partial charge in [-0.3, -0.25) is 4.79 Å². The van der Waals surface area contributed by atoms with Crippen LogP contribution in [-0.2, 0) is 6.61 Å². The second-order valence-corrected chi connectivity index (χ2v) is 6.57. The maximum atomic E-state index is 12.2. The Morgan fingerprint density at radius 1 is 1.19 bits per heavy atom. The number of para-hydroxylation sites is 1. The summed E-state index contributed by atoms with van der Waals surface area (Å²) in [4.78, 5) is 27.2. The van der Waals surface area contributed by atoms with Crippen molar-refractivity contribution in [2.75, 3.05) is 7.11 Å². The molecule has 1 aromatic heterocycles. The van der Waals surface area contributed by atoms with Gasteiger partial charge in [-0.1, -0.05) is 29.8 Å². The number of rotatable bonds is 8. The van der Waals surface area contributed by atoms with Gasteiger partial charge >= 0.3 is 5.97 Å². The molecular weight excluding hydrogens is 422 g/mol. The number of aromatic nitrogens is 1. The summed E-state index contributed by atoms with van der Waals surface area (Å²) in [7, 11) is 1.50. The number of carboxylic acids is 1. The Labute approximate surface area is 183 Å². The number of nitrogens with zero attached hydrogens (tertiary/aromatic N) is 2. The van der Waals surface area contributed by atoms with E-state index in [2.05, 4.69) is 15.5 Å². The number of amides is 1. The van der Waals surface area contributed by atoms with Crippen molar-refractivity contribution in [2.24, 2.45) is 5.10 Å². The smallest absolute Gasteiger partial charge is 0.335 e. The van der Waals surface area contributed by atoms with Crippen LogP contribution in [0, 0.1) is 0 Å². The first kappa shape index (κ1) is 21.8. The van der Waals surface area contributed by atoms with Gasteiger partial charge in [0.1, 0.15) is 11.8 Å². The number of hydrogen-bond donors (Lipinski definition) is 2. The number of ether oxygens (including phenoxy) is 2. The van der Waals surface area contributed by atoms with Crippen molar-refractivity contribution in [1.29, 1.82) is 0 Å². The van der Waals surface area contributed by atoms with Crippen LogP contribution in [0.25, 0.3) is 0 Å². The molecule has 0 unspecified atom stereocenters. The predicted molar refractivity (Wildman–Crippen MR) is 115 cm³/mol. The molecule has 0 saturated carbocycles. The summed E-state index contributed by atoms with van der Waals surface area (Å²) in [6.07, 6.45) is 2.89. The number of hydrogen-bond acceptors (Lipinski definition) is 6. The maximum Gasteiger partial charge on any atom is 0.335 e. The summed E-state index contributed by atoms with van der Waals surface area (Å²) < 4.78 is 11.2. The topological polar surface area (TPSA) is 110 Å². The third kappa shape index (κ3) is 5.58. The number of nitrogens with one attached hydrogen (secondary N) is 1. The van der Waals surface area contributed by atoms with Gasteiger partial charge in [0.05, 0.1) is 24.5 Å². The second kappa shape index (κ2) is 10.2. The fraction of sp³-hybridized carbons (Fsp3) is 0.0909. The molecule has 1 heterocycles. The molecule has 2 N–H and O–H groups in total. The Morgan fingerprint density at radius 3 is 2.74 bits per heavy atom. The van der Waals surface area contributed by atoms with Crippen molar-refractivity contribution in [3.8, 4) is 11.5 Å². The zero-order chi connectivity index (χ0) is 22.2. The van der Waals surface area contributed by atoms with Crippen molar-refractivity contribution >= 4 is 29.7 Å². The SMILES string of the molecule is COc1cccc(C=NNC(=O)c2cccnc2Cl)c1OCc1cccc(C(=O)O)c1. The van der Waals surface area contributed by atoms with Crippen molar-refractivity contribution in [2.45, 2.75) is 6.61 Å². The van der Waals surface area contributed by atoms with E-state index in [4.69, 9.17) is 26.2 Å². The number of aromatic carboxylic acids is 1. The minimum absolute atomic E-state index is 0.0733. The molecular formula is C22H18ClN3O5. The number of hydrazone groups is 1. The molecule has 0 saturated heterocycles. The molecule has 8 nitrogen and oxygen atoms in total. The third-order valence-electron chi connectivity index (χ3n) is 4.16. The highest BCUT2D eigenvalue weighted by atomic mass is 35.5. The predicted octanol–water partition coefficient (Wildman–Crippen LogP) is 3.78. The van der Waals surface area contributed by atoms with Gasteiger partial charge in [-0.15, -0.1) is 0 Å². The van der Waals surface area contributed by atoms with Gasteiger partial charge < -0.3 is 14.6 Å². The molecule has 0 aliphatic carbocycles. The molecule has 0 aliphatic rings. The fourth-order valence-electron chi connectivity index (χ4n) is 2.68. The van der Waals surface area contributed by atoms with Gasteiger partial charge in [0.25, 0.3) is 5.91 Å². The van der Waals surface area contributed by atoms with Crippen LogP contribution in [0.5, 0.6) is 11.5 Å². The summed E-state index contributed by atoms with van der Waals surface area (Å²) in [5, 5.41) is 13.2. The van der Waals surface area contributed by atoms with Crippen LogP contribution < -0.4 is 14.9 Å². The lowest BCUT2D eigenvalue weighted by atomic mass is 10.1. The van der Waals surface area contributed by atoms with E-state index in [9.17, 15) is 9.59 Å². The van der Waals surface area contributed by atoms with E-state index in [1.54, 1.807) is 36.4 Å². The van der Waals surface area contributed by atoms with Crippen LogP contribution in [0.1, 0.15) is 31.8 Å². The van der Waals surface area contributed by atoms with E-state index in [0.29, 0.717) is 22.6 Å². The average molecular weight is 440 g/mol. The molecule has 3 rings (SSSR count). The van der Waals surface area contributed by atoms with Gasteiger partial charge in [-0.05, 0) is 42.0 Å². The van der Waals surface area contributed by atoms with E-state index >= 15 is 0 Å². The molecule has 1 amide bonds. The molecule has 0 aliphatic heterocycles. The second-order valence-electron chi connectivity index (χ2n) is 6.21. The van der Waals surface area contributed by atoms with Crippen LogP contribution in [0.15, 0.2) is 65.9 Å². The van der Waals surface area contributed by atoms with E-state index in [0.717, 1.165) is 0 Å². The number of carboxylic acid groups (broad SMARTS) is 1. The van der Waals surface area contributed by atoms with Crippen LogP contribution >= 0.6 is 11.6 Å². The first-order chi connectivity index (χ1) is 15.0. The van der Waals surface area contributed by atoms with E-state index < -0.39 is 11.9 Å². The molecule has 2 aromatic carbocycles. The lowest BCUT2D eigenvalue weighted by Gasteiger charge is -2.13. The molecule has 0 bridgehead atoms. The molecule has 0 radical (unpaired) electrons. The summed E-state index contributed by atoms with van der Waals surface area (Å²) in [6.45, 7) is 0.111. The summed E-state index contributed by atoms with van der Waals surface area (Å²) >= 11 is 5.91. The normalized spacial score (nSPS) is 10.6. The highest BCUT2D eigenvalue weighted by Crippen LogP contribution is 2.31. The summed E-state index contributed by atoms with van der Waals surface area (Å²) in [5.41, 5.74) is 3.98. The number of halogens is 1. The highest BCUT2D eigenvalue weighted by Gasteiger charge is 2.12. The highest BCUT2D eigenvalue weighted by molar-refractivity contribution is 6.32. The Balaban J connectivity index is 1.76. The number of carbonyl (C=O) groups is 2. The molecule has 3 aromatic rings. The van der Waals surface area contributed by atoms with Gasteiger partial charge in [0.15, 0.2) is 11.5 Å². The average Bonchev–Trinajstić information content (AvgIpc) is 2.78. The Hall–Kier alpha value is -3.91. The third-order valence-corrected chi connectivity index (χ3v) is 4.46. The van der Waals surface area contributed by atoms with Crippen molar-refractivity contribution < 1.29 is 24.2 Å². The van der Waals surface area contributed by atoms with Crippen LogP contribution in [0.4, 0.5) is 0 Å². The van der Waals surface area contributed by atoms with Crippen LogP contribution in [-0.4, -0.2) is 35.3 Å². The number of benzene rings is 2. The Bertz CT molecular complexity index is 1130. The summed E-state index contributed by atoms with van der Waals surface area (Å²) in [5.74, 6) is -0.676. The Kier molecular flexibility index (Phi) is 7.18. The first-order valence-electron chi connectivity index (χ1n) is 9.05. The molecule has 0 spiro atoms. The largest absolute Gasteiger partial charge is 0.493 e. The lowest BCUT2D eigenvalue weighted by molar-refractivity contribution is 0.0696. The van der Waals surface area contributed by atoms with Crippen LogP contribution in [0.2, 0.25) is 5.15 Å². The number of methoxy groups -OCH3 is 1. The van der Waals surface area contributed by atoms with Gasteiger partial charge in [0, 0.05) is 11.8 Å². The number of carbonyl (C=O) groups excluding carboxylic acids is 1. The minimum Gasteiger partial charge on any atom is -0.493 e. The Morgan fingerprint density at radius 2 is 2.00 bits per heavy atom. The summed E-state index contributed by atoms with van der Waals surface area (Å²) in [6, 6.07) is 14.8. The zero-order valence-electron chi connectivity index (χ0n) is 16.4. The van der Waals surface area contributed by atoms with Gasteiger partial charge in [0.2, 0.25) is 0 Å². The number of pyridine rings is 1. The van der Waals surface area contributed by atoms with Crippen LogP contribution in [0.3, 0.4) is 0 Å². The van der Waals surface area contributed by atoms with E-state index in [1.165, 1.54) is 37.7 Å². The zero-order valence-corrected chi connectivity index (χ0v) is 17.2. The minimum atomic E-state index is -1.02. The lowest BCUT2D eigenvalue weighted by Crippen LogP contribution is -2.18. The monoisotopic (exact) mass is 439 g/mol. The van der Waals surface area contributed by atoms with E-state index in [1.807, 2.05) is 0 Å². The van der Waals surface area contributed by atoms with Gasteiger partial charge in [-0.2, -0.15) is 5.10 Å². The fourth-order valence-corrected chi connectivity index (χ4v) is 2.88. The quantitative estimate of drug-likeness (QED) is 0.314. The first-order valence-corrected chi connectivity index (χ1v) is 9.43. The van der Waals surface area contributed by atoms with E-state index in [-0.39, 0.29) is 22.9 Å². The molecule has 0 fully saturated rings. The van der Waals surface area contributed by atoms with Crippen molar-refractivity contribution in [1.82, 2.24) is 10.4 Å². The molecule has 0 atom stereocenters. The molecule has 31 heavy (non-hydrogen) atoms. The maximum absolute atomic E-state index is 12.2. The van der Waals surface area contributed by atoms with Crippen molar-refractivity contribution in [3.63, 3.8) is 0 Å². The van der Waals surface area contributed by atoms with Crippen molar-refractivity contribution in [3.05, 3.63) is 88.2 Å². The molecule has 158 valence electrons. The molecule has 9 heteroatoms. The standard InChI is InChI=1S/C22H18ClN3O5/c1-30-18-9-3-7-16(12-25-26-21(27)17-8-4-10-24-20(17)23)19(18)31-13-14-5-2-6-15(11-14)22(28)29/h2-12H,13H2,1H3,(H,26,27)(H,28,29). The van der Waals surface area contributed by atoms with Gasteiger partial charge in [-0.25, -0.2) is 15.2 Å².